The van der Waals surface area contributed by atoms with Crippen molar-refractivity contribution in [1.29, 1.82) is 0 Å². The van der Waals surface area contributed by atoms with Gasteiger partial charge in [-0.2, -0.15) is 0 Å². The van der Waals surface area contributed by atoms with Gasteiger partial charge in [0.25, 0.3) is 0 Å². The van der Waals surface area contributed by atoms with E-state index in [1.807, 2.05) is 42.1 Å². The highest BCUT2D eigenvalue weighted by Crippen LogP contribution is 2.39. The minimum Gasteiger partial charge on any atom is -0.496 e. The Balaban J connectivity index is 1.76. The van der Waals surface area contributed by atoms with E-state index in [2.05, 4.69) is 20.3 Å². The molecule has 0 saturated heterocycles. The molecule has 3 aromatic rings. The van der Waals surface area contributed by atoms with Gasteiger partial charge in [0, 0.05) is 37.0 Å². The maximum atomic E-state index is 6.23. The summed E-state index contributed by atoms with van der Waals surface area (Å²) in [5.41, 5.74) is 0.979. The number of benzene rings is 1. The van der Waals surface area contributed by atoms with Crippen LogP contribution in [0.1, 0.15) is 42.0 Å². The SMILES string of the molecule is COc1ccccc1C(Nc1cc(Cl)nc(C2CC2)n1)c1nccn1C. The summed E-state index contributed by atoms with van der Waals surface area (Å²) in [4.78, 5) is 13.6. The van der Waals surface area contributed by atoms with Crippen molar-refractivity contribution in [3.8, 4) is 5.75 Å². The average Bonchev–Trinajstić information content (AvgIpc) is 3.41. The van der Waals surface area contributed by atoms with Gasteiger partial charge in [0.1, 0.15) is 34.4 Å². The minimum atomic E-state index is -0.232. The zero-order chi connectivity index (χ0) is 18.1. The van der Waals surface area contributed by atoms with E-state index in [9.17, 15) is 0 Å². The summed E-state index contributed by atoms with van der Waals surface area (Å²) in [6.45, 7) is 0. The summed E-state index contributed by atoms with van der Waals surface area (Å²) in [7, 11) is 3.64. The fourth-order valence-corrected chi connectivity index (χ4v) is 3.21. The van der Waals surface area contributed by atoms with Crippen LogP contribution in [0, 0.1) is 0 Å². The molecule has 1 atom stereocenters. The molecule has 2 heterocycles. The lowest BCUT2D eigenvalue weighted by atomic mass is 10.0. The number of para-hydroxylation sites is 1. The quantitative estimate of drug-likeness (QED) is 0.666. The van der Waals surface area contributed by atoms with E-state index in [4.69, 9.17) is 16.3 Å². The molecule has 0 amide bonds. The maximum absolute atomic E-state index is 6.23. The summed E-state index contributed by atoms with van der Waals surface area (Å²) in [6, 6.07) is 9.41. The largest absolute Gasteiger partial charge is 0.496 e. The Labute approximate surface area is 157 Å². The van der Waals surface area contributed by atoms with Gasteiger partial charge in [0.05, 0.1) is 7.11 Å². The summed E-state index contributed by atoms with van der Waals surface area (Å²) < 4.78 is 7.54. The predicted octanol–water partition coefficient (Wildman–Crippen LogP) is 3.95. The molecular formula is C19H20ClN5O. The molecule has 1 aliphatic rings. The van der Waals surface area contributed by atoms with Gasteiger partial charge in [0.2, 0.25) is 0 Å². The fraction of sp³-hybridized carbons (Fsp3) is 0.316. The molecule has 1 saturated carbocycles. The van der Waals surface area contributed by atoms with Crippen LogP contribution in [0.2, 0.25) is 5.15 Å². The van der Waals surface area contributed by atoms with Crippen molar-refractivity contribution in [3.63, 3.8) is 0 Å². The van der Waals surface area contributed by atoms with Crippen molar-refractivity contribution in [2.24, 2.45) is 7.05 Å². The summed E-state index contributed by atoms with van der Waals surface area (Å²) >= 11 is 6.23. The van der Waals surface area contributed by atoms with E-state index in [0.717, 1.165) is 35.8 Å². The van der Waals surface area contributed by atoms with Crippen LogP contribution in [0.3, 0.4) is 0 Å². The molecule has 6 nitrogen and oxygen atoms in total. The second-order valence-corrected chi connectivity index (χ2v) is 6.81. The van der Waals surface area contributed by atoms with Crippen molar-refractivity contribution in [2.45, 2.75) is 24.8 Å². The normalized spacial score (nSPS) is 14.9. The Bertz CT molecular complexity index is 922. The van der Waals surface area contributed by atoms with Crippen molar-refractivity contribution in [1.82, 2.24) is 19.5 Å². The second-order valence-electron chi connectivity index (χ2n) is 6.42. The highest BCUT2D eigenvalue weighted by Gasteiger charge is 2.28. The first-order chi connectivity index (χ1) is 12.7. The van der Waals surface area contributed by atoms with Gasteiger partial charge in [-0.05, 0) is 18.9 Å². The number of anilines is 1. The number of rotatable bonds is 6. The number of hydrogen-bond donors (Lipinski definition) is 1. The lowest BCUT2D eigenvalue weighted by molar-refractivity contribution is 0.408. The molecule has 0 aliphatic heterocycles. The lowest BCUT2D eigenvalue weighted by Gasteiger charge is -2.22. The Kier molecular flexibility index (Phi) is 4.51. The Morgan fingerprint density at radius 3 is 2.77 bits per heavy atom. The van der Waals surface area contributed by atoms with Crippen LogP contribution < -0.4 is 10.1 Å². The third kappa shape index (κ3) is 3.37. The predicted molar refractivity (Wildman–Crippen MR) is 101 cm³/mol. The number of methoxy groups -OCH3 is 1. The molecule has 0 spiro atoms. The van der Waals surface area contributed by atoms with Crippen molar-refractivity contribution in [3.05, 3.63) is 65.1 Å². The number of halogens is 1. The van der Waals surface area contributed by atoms with Crippen LogP contribution in [-0.2, 0) is 7.05 Å². The molecule has 0 bridgehead atoms. The first-order valence-corrected chi connectivity index (χ1v) is 8.94. The van der Waals surface area contributed by atoms with Gasteiger partial charge in [-0.3, -0.25) is 0 Å². The van der Waals surface area contributed by atoms with E-state index in [-0.39, 0.29) is 6.04 Å². The highest BCUT2D eigenvalue weighted by atomic mass is 35.5. The monoisotopic (exact) mass is 369 g/mol. The molecule has 4 rings (SSSR count). The van der Waals surface area contributed by atoms with E-state index in [1.54, 1.807) is 19.4 Å². The Morgan fingerprint density at radius 1 is 1.27 bits per heavy atom. The van der Waals surface area contributed by atoms with Gasteiger partial charge in [0.15, 0.2) is 0 Å². The third-order valence-electron chi connectivity index (χ3n) is 4.51. The van der Waals surface area contributed by atoms with Gasteiger partial charge in [-0.15, -0.1) is 0 Å². The number of aromatic nitrogens is 4. The van der Waals surface area contributed by atoms with Crippen molar-refractivity contribution < 1.29 is 4.74 Å². The molecule has 1 N–H and O–H groups in total. The minimum absolute atomic E-state index is 0.232. The van der Waals surface area contributed by atoms with Crippen molar-refractivity contribution >= 4 is 17.4 Å². The van der Waals surface area contributed by atoms with Crippen LogP contribution in [0.15, 0.2) is 42.7 Å². The smallest absolute Gasteiger partial charge is 0.135 e. The first kappa shape index (κ1) is 16.8. The third-order valence-corrected chi connectivity index (χ3v) is 4.71. The van der Waals surface area contributed by atoms with Gasteiger partial charge >= 0.3 is 0 Å². The molecule has 134 valence electrons. The van der Waals surface area contributed by atoms with E-state index < -0.39 is 0 Å². The molecular weight excluding hydrogens is 350 g/mol. The van der Waals surface area contributed by atoms with Gasteiger partial charge < -0.3 is 14.6 Å². The van der Waals surface area contributed by atoms with E-state index >= 15 is 0 Å². The number of aryl methyl sites for hydroxylation is 1. The molecule has 1 unspecified atom stereocenters. The Hall–Kier alpha value is -2.60. The molecule has 26 heavy (non-hydrogen) atoms. The average molecular weight is 370 g/mol. The standard InChI is InChI=1S/C19H20ClN5O/c1-25-10-9-21-19(25)17(13-5-3-4-6-14(13)26-2)23-16-11-15(20)22-18(24-16)12-7-8-12/h3-6,9-12,17H,7-8H2,1-2H3,(H,22,23,24). The van der Waals surface area contributed by atoms with Crippen LogP contribution in [-0.4, -0.2) is 26.6 Å². The molecule has 2 aromatic heterocycles. The summed E-state index contributed by atoms with van der Waals surface area (Å²) in [5.74, 6) is 3.56. The molecule has 1 aromatic carbocycles. The van der Waals surface area contributed by atoms with Crippen LogP contribution in [0.25, 0.3) is 0 Å². The Morgan fingerprint density at radius 2 is 2.08 bits per heavy atom. The topological polar surface area (TPSA) is 64.9 Å². The lowest BCUT2D eigenvalue weighted by Crippen LogP contribution is -2.18. The number of nitrogens with one attached hydrogen (secondary N) is 1. The molecule has 1 aliphatic carbocycles. The van der Waals surface area contributed by atoms with Crippen LogP contribution in [0.4, 0.5) is 5.82 Å². The van der Waals surface area contributed by atoms with E-state index in [0.29, 0.717) is 16.9 Å². The fourth-order valence-electron chi connectivity index (χ4n) is 3.02. The second kappa shape index (κ2) is 6.96. The molecule has 7 heteroatoms. The zero-order valence-electron chi connectivity index (χ0n) is 14.7. The van der Waals surface area contributed by atoms with Crippen LogP contribution >= 0.6 is 11.6 Å². The van der Waals surface area contributed by atoms with Crippen LogP contribution in [0.5, 0.6) is 5.75 Å². The summed E-state index contributed by atoms with van der Waals surface area (Å²) in [5, 5.41) is 3.93. The highest BCUT2D eigenvalue weighted by molar-refractivity contribution is 6.29. The van der Waals surface area contributed by atoms with E-state index in [1.165, 1.54) is 0 Å². The number of hydrogen-bond acceptors (Lipinski definition) is 5. The molecule has 0 radical (unpaired) electrons. The number of nitrogens with zero attached hydrogens (tertiary/aromatic N) is 4. The van der Waals surface area contributed by atoms with Gasteiger partial charge in [-0.25, -0.2) is 15.0 Å². The number of ether oxygens (including phenoxy) is 1. The zero-order valence-corrected chi connectivity index (χ0v) is 15.4. The number of imidazole rings is 1. The summed E-state index contributed by atoms with van der Waals surface area (Å²) in [6.07, 6.45) is 5.94. The van der Waals surface area contributed by atoms with Gasteiger partial charge in [-0.1, -0.05) is 29.8 Å². The first-order valence-electron chi connectivity index (χ1n) is 8.57. The molecule has 1 fully saturated rings. The van der Waals surface area contributed by atoms with Crippen molar-refractivity contribution in [2.75, 3.05) is 12.4 Å². The maximum Gasteiger partial charge on any atom is 0.135 e.